The molecule has 0 aliphatic heterocycles. The summed E-state index contributed by atoms with van der Waals surface area (Å²) in [6.45, 7) is 6.15. The molecule has 0 saturated heterocycles. The van der Waals surface area contributed by atoms with Gasteiger partial charge in [0.05, 0.1) is 11.8 Å². The molecule has 0 fully saturated rings. The highest BCUT2D eigenvalue weighted by atomic mass is 16.4. The number of hydrogen-bond acceptors (Lipinski definition) is 2. The molecule has 154 valence electrons. The van der Waals surface area contributed by atoms with Crippen molar-refractivity contribution in [3.8, 4) is 0 Å². The fraction of sp³-hybridized carbons (Fsp3) is 0.909. The van der Waals surface area contributed by atoms with Crippen LogP contribution in [-0.2, 0) is 9.59 Å². The largest absolute Gasteiger partial charge is 0.481 e. The maximum atomic E-state index is 11.6. The fourth-order valence-electron chi connectivity index (χ4n) is 3.71. The second-order valence-corrected chi connectivity index (χ2v) is 8.01. The van der Waals surface area contributed by atoms with E-state index >= 15 is 0 Å². The molecule has 0 aromatic carbocycles. The zero-order valence-corrected chi connectivity index (χ0v) is 17.3. The number of carbonyl (C=O) groups is 2. The first kappa shape index (κ1) is 24.9. The smallest absolute Gasteiger partial charge is 0.306 e. The van der Waals surface area contributed by atoms with Crippen molar-refractivity contribution in [2.75, 3.05) is 0 Å². The number of rotatable bonds is 18. The van der Waals surface area contributed by atoms with Gasteiger partial charge in [0.1, 0.15) is 0 Å². The van der Waals surface area contributed by atoms with Crippen LogP contribution in [0.15, 0.2) is 0 Å². The Morgan fingerprint density at radius 1 is 0.692 bits per heavy atom. The summed E-state index contributed by atoms with van der Waals surface area (Å²) >= 11 is 0. The van der Waals surface area contributed by atoms with Crippen LogP contribution in [-0.4, -0.2) is 22.2 Å². The van der Waals surface area contributed by atoms with E-state index in [4.69, 9.17) is 5.11 Å². The molecule has 26 heavy (non-hydrogen) atoms. The van der Waals surface area contributed by atoms with Crippen molar-refractivity contribution in [3.63, 3.8) is 0 Å². The standard InChI is InChI=1S/C22H42O4/c1-4-6-10-15-19(13-5-2)17-20(22(25)26)16-12-9-7-8-11-14-18(3)21(23)24/h18-20H,4-17H2,1-3H3,(H,23,24)(H,25,26). The maximum absolute atomic E-state index is 11.6. The second kappa shape index (κ2) is 16.1. The maximum Gasteiger partial charge on any atom is 0.306 e. The first-order valence-electron chi connectivity index (χ1n) is 10.9. The molecule has 0 saturated carbocycles. The van der Waals surface area contributed by atoms with Gasteiger partial charge in [-0.05, 0) is 25.2 Å². The molecule has 0 aliphatic rings. The normalized spacial score (nSPS) is 14.7. The first-order valence-corrected chi connectivity index (χ1v) is 10.9. The summed E-state index contributed by atoms with van der Waals surface area (Å²) in [5, 5.41) is 18.4. The Labute approximate surface area is 160 Å². The van der Waals surface area contributed by atoms with Crippen LogP contribution in [0.4, 0.5) is 0 Å². The molecule has 3 atom stereocenters. The van der Waals surface area contributed by atoms with Gasteiger partial charge in [0.25, 0.3) is 0 Å². The Morgan fingerprint density at radius 2 is 1.27 bits per heavy atom. The van der Waals surface area contributed by atoms with Gasteiger partial charge < -0.3 is 10.2 Å². The summed E-state index contributed by atoms with van der Waals surface area (Å²) < 4.78 is 0. The molecule has 2 N–H and O–H groups in total. The van der Waals surface area contributed by atoms with Crippen molar-refractivity contribution >= 4 is 11.9 Å². The van der Waals surface area contributed by atoms with E-state index in [1.165, 1.54) is 25.7 Å². The molecule has 0 aromatic rings. The molecule has 3 unspecified atom stereocenters. The third-order valence-corrected chi connectivity index (χ3v) is 5.49. The van der Waals surface area contributed by atoms with Gasteiger partial charge in [0.15, 0.2) is 0 Å². The lowest BCUT2D eigenvalue weighted by Crippen LogP contribution is -2.18. The Balaban J connectivity index is 4.03. The molecule has 0 bridgehead atoms. The molecule has 0 spiro atoms. The van der Waals surface area contributed by atoms with Gasteiger partial charge >= 0.3 is 11.9 Å². The number of carboxylic acid groups (broad SMARTS) is 2. The molecule has 0 radical (unpaired) electrons. The predicted molar refractivity (Wildman–Crippen MR) is 107 cm³/mol. The fourth-order valence-corrected chi connectivity index (χ4v) is 3.71. The van der Waals surface area contributed by atoms with Crippen LogP contribution in [0.2, 0.25) is 0 Å². The van der Waals surface area contributed by atoms with E-state index in [1.54, 1.807) is 6.92 Å². The van der Waals surface area contributed by atoms with Gasteiger partial charge in [-0.25, -0.2) is 0 Å². The highest BCUT2D eigenvalue weighted by Crippen LogP contribution is 2.27. The van der Waals surface area contributed by atoms with Crippen LogP contribution < -0.4 is 0 Å². The zero-order valence-electron chi connectivity index (χ0n) is 17.3. The summed E-state index contributed by atoms with van der Waals surface area (Å²) in [6, 6.07) is 0. The van der Waals surface area contributed by atoms with Crippen LogP contribution in [0.1, 0.15) is 111 Å². The average molecular weight is 371 g/mol. The van der Waals surface area contributed by atoms with E-state index in [0.717, 1.165) is 64.2 Å². The lowest BCUT2D eigenvalue weighted by molar-refractivity contribution is -0.143. The quantitative estimate of drug-likeness (QED) is 0.269. The zero-order chi connectivity index (χ0) is 19.8. The van der Waals surface area contributed by atoms with Crippen LogP contribution in [0.3, 0.4) is 0 Å². The third kappa shape index (κ3) is 13.2. The van der Waals surface area contributed by atoms with E-state index in [-0.39, 0.29) is 11.8 Å². The van der Waals surface area contributed by atoms with Crippen LogP contribution >= 0.6 is 0 Å². The van der Waals surface area contributed by atoms with Crippen molar-refractivity contribution < 1.29 is 19.8 Å². The van der Waals surface area contributed by atoms with E-state index in [0.29, 0.717) is 5.92 Å². The lowest BCUT2D eigenvalue weighted by Gasteiger charge is -2.21. The van der Waals surface area contributed by atoms with Gasteiger partial charge in [0.2, 0.25) is 0 Å². The van der Waals surface area contributed by atoms with Crippen LogP contribution in [0.25, 0.3) is 0 Å². The highest BCUT2D eigenvalue weighted by Gasteiger charge is 2.21. The molecule has 0 aromatic heterocycles. The molecule has 0 amide bonds. The van der Waals surface area contributed by atoms with E-state index in [9.17, 15) is 14.7 Å². The summed E-state index contributed by atoms with van der Waals surface area (Å²) in [5.41, 5.74) is 0. The Kier molecular flexibility index (Phi) is 15.5. The van der Waals surface area contributed by atoms with Gasteiger partial charge in [0, 0.05) is 0 Å². The minimum atomic E-state index is -0.713. The lowest BCUT2D eigenvalue weighted by atomic mass is 9.85. The van der Waals surface area contributed by atoms with Gasteiger partial charge in [-0.1, -0.05) is 91.4 Å². The van der Waals surface area contributed by atoms with E-state index < -0.39 is 11.9 Å². The Morgan fingerprint density at radius 3 is 1.81 bits per heavy atom. The summed E-state index contributed by atoms with van der Waals surface area (Å²) in [6.07, 6.45) is 14.6. The van der Waals surface area contributed by atoms with Gasteiger partial charge in [-0.3, -0.25) is 9.59 Å². The topological polar surface area (TPSA) is 74.6 Å². The van der Waals surface area contributed by atoms with Crippen LogP contribution in [0, 0.1) is 17.8 Å². The molecule has 0 heterocycles. The molecule has 0 rings (SSSR count). The van der Waals surface area contributed by atoms with E-state index in [2.05, 4.69) is 13.8 Å². The third-order valence-electron chi connectivity index (χ3n) is 5.49. The summed E-state index contributed by atoms with van der Waals surface area (Å²) in [5.74, 6) is -1.23. The van der Waals surface area contributed by atoms with Crippen molar-refractivity contribution in [3.05, 3.63) is 0 Å². The minimum absolute atomic E-state index is 0.194. The summed E-state index contributed by atoms with van der Waals surface area (Å²) in [7, 11) is 0. The molecular formula is C22H42O4. The van der Waals surface area contributed by atoms with Gasteiger partial charge in [-0.15, -0.1) is 0 Å². The van der Waals surface area contributed by atoms with Gasteiger partial charge in [-0.2, -0.15) is 0 Å². The number of carboxylic acids is 2. The van der Waals surface area contributed by atoms with Crippen molar-refractivity contribution in [1.29, 1.82) is 0 Å². The number of aliphatic carboxylic acids is 2. The predicted octanol–water partition coefficient (Wildman–Crippen LogP) is 6.53. The van der Waals surface area contributed by atoms with E-state index in [1.807, 2.05) is 0 Å². The van der Waals surface area contributed by atoms with Crippen molar-refractivity contribution in [2.24, 2.45) is 17.8 Å². The van der Waals surface area contributed by atoms with Crippen molar-refractivity contribution in [2.45, 2.75) is 111 Å². The average Bonchev–Trinajstić information content (AvgIpc) is 2.59. The highest BCUT2D eigenvalue weighted by molar-refractivity contribution is 5.70. The van der Waals surface area contributed by atoms with Crippen LogP contribution in [0.5, 0.6) is 0 Å². The Hall–Kier alpha value is -1.06. The molecule has 4 heteroatoms. The second-order valence-electron chi connectivity index (χ2n) is 8.01. The Bertz CT molecular complexity index is 367. The minimum Gasteiger partial charge on any atom is -0.481 e. The van der Waals surface area contributed by atoms with Crippen molar-refractivity contribution in [1.82, 2.24) is 0 Å². The summed E-state index contributed by atoms with van der Waals surface area (Å²) in [4.78, 5) is 22.4. The molecule has 4 nitrogen and oxygen atoms in total. The number of hydrogen-bond donors (Lipinski definition) is 2. The molecule has 0 aliphatic carbocycles. The molecular weight excluding hydrogens is 328 g/mol. The number of unbranched alkanes of at least 4 members (excludes halogenated alkanes) is 6. The monoisotopic (exact) mass is 370 g/mol. The first-order chi connectivity index (χ1) is 12.4. The SMILES string of the molecule is CCCCCC(CCC)CC(CCCCCCCC(C)C(=O)O)C(=O)O.